The van der Waals surface area contributed by atoms with E-state index in [0.717, 1.165) is 29.3 Å². The van der Waals surface area contributed by atoms with Crippen molar-refractivity contribution < 1.29 is 4.42 Å². The molecule has 8 heteroatoms. The van der Waals surface area contributed by atoms with Crippen molar-refractivity contribution in [3.63, 3.8) is 0 Å². The lowest BCUT2D eigenvalue weighted by atomic mass is 10.2. The van der Waals surface area contributed by atoms with Crippen LogP contribution in [0.2, 0.25) is 0 Å². The molecule has 0 radical (unpaired) electrons. The van der Waals surface area contributed by atoms with Gasteiger partial charge in [0.05, 0.1) is 25.4 Å². The normalized spacial score (nSPS) is 12.8. The highest BCUT2D eigenvalue weighted by molar-refractivity contribution is 14.0. The van der Waals surface area contributed by atoms with Gasteiger partial charge < -0.3 is 19.2 Å². The number of aliphatic imine (C=N–C) groups is 1. The molecule has 146 valence electrons. The van der Waals surface area contributed by atoms with Crippen molar-refractivity contribution in [2.45, 2.75) is 19.5 Å². The Bertz CT molecular complexity index is 684. The summed E-state index contributed by atoms with van der Waals surface area (Å²) in [5.41, 5.74) is 1.22. The van der Waals surface area contributed by atoms with Crippen LogP contribution in [0.4, 0.5) is 0 Å². The highest BCUT2D eigenvalue weighted by Crippen LogP contribution is 2.19. The standard InChI is InChI=1S/C18H28BrN5O.HI/c1-6-20-18(24(5)13-15-10-14(19)12-23(15)4)21-11-16(22(2)3)17-8-7-9-25-17;/h7-10,12,16H,6,11,13H2,1-5H3,(H,20,21);1H. The number of likely N-dealkylation sites (N-methyl/N-ethyl adjacent to an activating group) is 1. The van der Waals surface area contributed by atoms with Crippen molar-refractivity contribution in [2.24, 2.45) is 12.0 Å². The van der Waals surface area contributed by atoms with Crippen LogP contribution < -0.4 is 5.32 Å². The van der Waals surface area contributed by atoms with E-state index in [2.05, 4.69) is 68.9 Å². The Balaban J connectivity index is 0.00000338. The summed E-state index contributed by atoms with van der Waals surface area (Å²) in [6, 6.07) is 6.16. The number of furan rings is 1. The first-order valence-corrected chi connectivity index (χ1v) is 9.21. The van der Waals surface area contributed by atoms with Crippen molar-refractivity contribution in [1.82, 2.24) is 19.7 Å². The minimum atomic E-state index is 0. The molecular weight excluding hydrogens is 509 g/mol. The van der Waals surface area contributed by atoms with Gasteiger partial charge in [-0.15, -0.1) is 24.0 Å². The van der Waals surface area contributed by atoms with Gasteiger partial charge in [0.15, 0.2) is 5.96 Å². The molecule has 0 spiro atoms. The summed E-state index contributed by atoms with van der Waals surface area (Å²) < 4.78 is 8.78. The molecule has 0 bridgehead atoms. The summed E-state index contributed by atoms with van der Waals surface area (Å²) in [4.78, 5) is 9.10. The first-order chi connectivity index (χ1) is 11.9. The molecule has 6 nitrogen and oxygen atoms in total. The van der Waals surface area contributed by atoms with E-state index in [9.17, 15) is 0 Å². The minimum absolute atomic E-state index is 0. The summed E-state index contributed by atoms with van der Waals surface area (Å²) in [6.07, 6.45) is 3.77. The number of nitrogens with zero attached hydrogens (tertiary/aromatic N) is 4. The molecule has 2 heterocycles. The summed E-state index contributed by atoms with van der Waals surface area (Å²) in [5.74, 6) is 1.82. The van der Waals surface area contributed by atoms with Gasteiger partial charge in [-0.3, -0.25) is 9.89 Å². The topological polar surface area (TPSA) is 48.9 Å². The molecule has 0 aliphatic rings. The summed E-state index contributed by atoms with van der Waals surface area (Å²) in [6.45, 7) is 4.32. The lowest BCUT2D eigenvalue weighted by Gasteiger charge is -2.25. The quantitative estimate of drug-likeness (QED) is 0.332. The van der Waals surface area contributed by atoms with Crippen LogP contribution in [0.3, 0.4) is 0 Å². The Hall–Kier alpha value is -1.000. The third-order valence-electron chi connectivity index (χ3n) is 4.08. The average Bonchev–Trinajstić information content (AvgIpc) is 3.16. The van der Waals surface area contributed by atoms with Crippen molar-refractivity contribution in [1.29, 1.82) is 0 Å². The van der Waals surface area contributed by atoms with Gasteiger partial charge in [0.25, 0.3) is 0 Å². The fraction of sp³-hybridized carbons (Fsp3) is 0.500. The molecule has 0 aliphatic heterocycles. The van der Waals surface area contributed by atoms with Gasteiger partial charge in [-0.1, -0.05) is 0 Å². The number of aromatic nitrogens is 1. The second-order valence-electron chi connectivity index (χ2n) is 6.31. The second kappa shape index (κ2) is 11.0. The van der Waals surface area contributed by atoms with Crippen molar-refractivity contribution >= 4 is 45.9 Å². The largest absolute Gasteiger partial charge is 0.468 e. The lowest BCUT2D eigenvalue weighted by Crippen LogP contribution is -2.39. The Kier molecular flexibility index (Phi) is 9.73. The smallest absolute Gasteiger partial charge is 0.194 e. The molecular formula is C18H29BrIN5O. The van der Waals surface area contributed by atoms with E-state index in [1.165, 1.54) is 5.69 Å². The van der Waals surface area contributed by atoms with Gasteiger partial charge in [0.1, 0.15) is 5.76 Å². The maximum atomic E-state index is 5.57. The third kappa shape index (κ3) is 6.31. The molecule has 26 heavy (non-hydrogen) atoms. The van der Waals surface area contributed by atoms with Gasteiger partial charge in [0, 0.05) is 37.0 Å². The Morgan fingerprint density at radius 3 is 2.62 bits per heavy atom. The molecule has 2 rings (SSSR count). The Morgan fingerprint density at radius 2 is 2.12 bits per heavy atom. The number of nitrogens with one attached hydrogen (secondary N) is 1. The zero-order valence-electron chi connectivity index (χ0n) is 16.1. The van der Waals surface area contributed by atoms with Crippen LogP contribution in [0, 0.1) is 0 Å². The van der Waals surface area contributed by atoms with Gasteiger partial charge >= 0.3 is 0 Å². The molecule has 2 aromatic rings. The fourth-order valence-electron chi connectivity index (χ4n) is 2.67. The SMILES string of the molecule is CCNC(=NCC(c1ccco1)N(C)C)N(C)Cc1cc(Br)cn1C.I. The van der Waals surface area contributed by atoms with E-state index in [-0.39, 0.29) is 30.0 Å². The maximum Gasteiger partial charge on any atom is 0.194 e. The molecule has 1 N–H and O–H groups in total. The zero-order chi connectivity index (χ0) is 18.4. The number of guanidine groups is 1. The summed E-state index contributed by atoms with van der Waals surface area (Å²) in [7, 11) is 8.19. The summed E-state index contributed by atoms with van der Waals surface area (Å²) in [5, 5.41) is 3.37. The van der Waals surface area contributed by atoms with Gasteiger partial charge in [-0.05, 0) is 55.1 Å². The van der Waals surface area contributed by atoms with Gasteiger partial charge in [-0.2, -0.15) is 0 Å². The van der Waals surface area contributed by atoms with Crippen LogP contribution in [0.5, 0.6) is 0 Å². The van der Waals surface area contributed by atoms with Crippen molar-refractivity contribution in [2.75, 3.05) is 34.2 Å². The lowest BCUT2D eigenvalue weighted by molar-refractivity contribution is 0.264. The van der Waals surface area contributed by atoms with Gasteiger partial charge in [0.2, 0.25) is 0 Å². The van der Waals surface area contributed by atoms with Crippen LogP contribution in [-0.4, -0.2) is 54.6 Å². The average molecular weight is 538 g/mol. The third-order valence-corrected chi connectivity index (χ3v) is 4.51. The second-order valence-corrected chi connectivity index (χ2v) is 7.22. The van der Waals surface area contributed by atoms with Crippen LogP contribution in [0.25, 0.3) is 0 Å². The van der Waals surface area contributed by atoms with E-state index in [4.69, 9.17) is 9.41 Å². The molecule has 0 fully saturated rings. The van der Waals surface area contributed by atoms with Gasteiger partial charge in [-0.25, -0.2) is 0 Å². The number of halogens is 2. The van der Waals surface area contributed by atoms with Crippen LogP contribution >= 0.6 is 39.9 Å². The molecule has 1 unspecified atom stereocenters. The predicted molar refractivity (Wildman–Crippen MR) is 121 cm³/mol. The summed E-state index contributed by atoms with van der Waals surface area (Å²) >= 11 is 3.53. The van der Waals surface area contributed by atoms with Crippen LogP contribution in [0.15, 0.2) is 44.5 Å². The number of hydrogen-bond donors (Lipinski definition) is 1. The van der Waals surface area contributed by atoms with E-state index >= 15 is 0 Å². The highest BCUT2D eigenvalue weighted by Gasteiger charge is 2.17. The highest BCUT2D eigenvalue weighted by atomic mass is 127. The fourth-order valence-corrected chi connectivity index (χ4v) is 3.24. The molecule has 0 aliphatic carbocycles. The maximum absolute atomic E-state index is 5.57. The first-order valence-electron chi connectivity index (χ1n) is 8.42. The van der Waals surface area contributed by atoms with E-state index < -0.39 is 0 Å². The van der Waals surface area contributed by atoms with E-state index in [1.807, 2.05) is 26.2 Å². The molecule has 0 amide bonds. The molecule has 0 aromatic carbocycles. The molecule has 1 atom stereocenters. The minimum Gasteiger partial charge on any atom is -0.468 e. The number of hydrogen-bond acceptors (Lipinski definition) is 3. The van der Waals surface area contributed by atoms with Crippen LogP contribution in [0.1, 0.15) is 24.4 Å². The molecule has 0 saturated carbocycles. The predicted octanol–water partition coefficient (Wildman–Crippen LogP) is 3.70. The Morgan fingerprint density at radius 1 is 1.38 bits per heavy atom. The van der Waals surface area contributed by atoms with Crippen LogP contribution in [-0.2, 0) is 13.6 Å². The monoisotopic (exact) mass is 537 g/mol. The number of aryl methyl sites for hydroxylation is 1. The zero-order valence-corrected chi connectivity index (χ0v) is 20.0. The van der Waals surface area contributed by atoms with E-state index in [0.29, 0.717) is 6.54 Å². The number of rotatable bonds is 7. The molecule has 2 aromatic heterocycles. The Labute approximate surface area is 181 Å². The van der Waals surface area contributed by atoms with Crippen molar-refractivity contribution in [3.05, 3.63) is 46.6 Å². The first kappa shape index (κ1) is 23.0. The molecule has 0 saturated heterocycles. The van der Waals surface area contributed by atoms with Crippen molar-refractivity contribution in [3.8, 4) is 0 Å². The van der Waals surface area contributed by atoms with E-state index in [1.54, 1.807) is 6.26 Å².